The number of aromatic nitrogens is 2. The van der Waals surface area contributed by atoms with Gasteiger partial charge in [0.2, 0.25) is 0 Å². The highest BCUT2D eigenvalue weighted by atomic mass is 16.5. The van der Waals surface area contributed by atoms with Crippen LogP contribution in [-0.4, -0.2) is 9.78 Å². The SMILES string of the molecule is Cc1nn(C)c(C)c1OCc1cccc(CN)c1. The normalized spacial score (nSPS) is 10.7. The summed E-state index contributed by atoms with van der Waals surface area (Å²) < 4.78 is 7.68. The van der Waals surface area contributed by atoms with Gasteiger partial charge in [-0.25, -0.2) is 0 Å². The van der Waals surface area contributed by atoms with Gasteiger partial charge in [-0.05, 0) is 25.0 Å². The van der Waals surface area contributed by atoms with Gasteiger partial charge in [0.1, 0.15) is 12.3 Å². The van der Waals surface area contributed by atoms with Gasteiger partial charge in [-0.1, -0.05) is 24.3 Å². The van der Waals surface area contributed by atoms with Gasteiger partial charge in [0.25, 0.3) is 0 Å². The first kappa shape index (κ1) is 12.6. The number of hydrogen-bond acceptors (Lipinski definition) is 3. The van der Waals surface area contributed by atoms with Crippen LogP contribution in [0.4, 0.5) is 0 Å². The van der Waals surface area contributed by atoms with E-state index in [1.165, 1.54) is 0 Å². The van der Waals surface area contributed by atoms with E-state index in [-0.39, 0.29) is 0 Å². The number of ether oxygens (including phenoxy) is 1. The van der Waals surface area contributed by atoms with E-state index in [2.05, 4.69) is 11.2 Å². The van der Waals surface area contributed by atoms with Gasteiger partial charge in [0.05, 0.1) is 5.69 Å². The van der Waals surface area contributed by atoms with E-state index < -0.39 is 0 Å². The van der Waals surface area contributed by atoms with Crippen LogP contribution < -0.4 is 10.5 Å². The molecule has 0 saturated carbocycles. The number of hydrogen-bond donors (Lipinski definition) is 1. The minimum atomic E-state index is 0.543. The highest BCUT2D eigenvalue weighted by molar-refractivity contribution is 5.32. The summed E-state index contributed by atoms with van der Waals surface area (Å²) in [6, 6.07) is 8.13. The van der Waals surface area contributed by atoms with Crippen LogP contribution in [-0.2, 0) is 20.2 Å². The van der Waals surface area contributed by atoms with E-state index >= 15 is 0 Å². The largest absolute Gasteiger partial charge is 0.485 e. The molecular weight excluding hydrogens is 226 g/mol. The van der Waals surface area contributed by atoms with Crippen molar-refractivity contribution >= 4 is 0 Å². The van der Waals surface area contributed by atoms with Gasteiger partial charge in [-0.3, -0.25) is 4.68 Å². The average Bonchev–Trinajstić information content (AvgIpc) is 2.61. The van der Waals surface area contributed by atoms with Crippen LogP contribution >= 0.6 is 0 Å². The van der Waals surface area contributed by atoms with Gasteiger partial charge >= 0.3 is 0 Å². The fourth-order valence-electron chi connectivity index (χ4n) is 1.96. The molecule has 2 N–H and O–H groups in total. The van der Waals surface area contributed by atoms with Crippen LogP contribution in [0.2, 0.25) is 0 Å². The van der Waals surface area contributed by atoms with E-state index in [0.29, 0.717) is 13.2 Å². The standard InChI is InChI=1S/C14H19N3O/c1-10-14(11(2)17(3)16-10)18-9-13-6-4-5-12(7-13)8-15/h4-7H,8-9,15H2,1-3H3. The molecule has 4 nitrogen and oxygen atoms in total. The maximum Gasteiger partial charge on any atom is 0.163 e. The zero-order valence-electron chi connectivity index (χ0n) is 11.1. The van der Waals surface area contributed by atoms with E-state index in [1.807, 2.05) is 43.8 Å². The van der Waals surface area contributed by atoms with Gasteiger partial charge in [0, 0.05) is 13.6 Å². The Kier molecular flexibility index (Phi) is 3.67. The summed E-state index contributed by atoms with van der Waals surface area (Å²) in [5, 5.41) is 4.33. The second-order valence-corrected chi connectivity index (χ2v) is 4.44. The third-order valence-electron chi connectivity index (χ3n) is 3.05. The molecule has 18 heavy (non-hydrogen) atoms. The Labute approximate surface area is 107 Å². The lowest BCUT2D eigenvalue weighted by molar-refractivity contribution is 0.301. The third kappa shape index (κ3) is 2.54. The molecule has 0 saturated heterocycles. The molecule has 1 aromatic carbocycles. The Balaban J connectivity index is 2.11. The molecule has 1 aromatic heterocycles. The van der Waals surface area contributed by atoms with Crippen LogP contribution in [0.5, 0.6) is 5.75 Å². The van der Waals surface area contributed by atoms with E-state index in [1.54, 1.807) is 0 Å². The Bertz CT molecular complexity index is 546. The van der Waals surface area contributed by atoms with Crippen LogP contribution in [0.1, 0.15) is 22.5 Å². The monoisotopic (exact) mass is 245 g/mol. The number of rotatable bonds is 4. The van der Waals surface area contributed by atoms with Crippen molar-refractivity contribution < 1.29 is 4.74 Å². The first-order valence-corrected chi connectivity index (χ1v) is 6.02. The quantitative estimate of drug-likeness (QED) is 0.897. The van der Waals surface area contributed by atoms with E-state index in [0.717, 1.165) is 28.3 Å². The summed E-state index contributed by atoms with van der Waals surface area (Å²) in [6.45, 7) is 5.06. The van der Waals surface area contributed by atoms with Crippen molar-refractivity contribution in [2.75, 3.05) is 0 Å². The van der Waals surface area contributed by atoms with Crippen molar-refractivity contribution in [1.82, 2.24) is 9.78 Å². The summed E-state index contributed by atoms with van der Waals surface area (Å²) in [7, 11) is 1.92. The number of nitrogens with zero attached hydrogens (tertiary/aromatic N) is 2. The Morgan fingerprint density at radius 1 is 1.28 bits per heavy atom. The lowest BCUT2D eigenvalue weighted by Gasteiger charge is -2.07. The molecule has 0 aliphatic heterocycles. The third-order valence-corrected chi connectivity index (χ3v) is 3.05. The molecule has 0 amide bonds. The maximum absolute atomic E-state index is 5.85. The molecule has 0 unspecified atom stereocenters. The molecule has 2 rings (SSSR count). The van der Waals surface area contributed by atoms with Crippen molar-refractivity contribution in [3.8, 4) is 5.75 Å². The molecule has 0 fully saturated rings. The molecule has 0 spiro atoms. The molecule has 2 aromatic rings. The molecule has 96 valence electrons. The summed E-state index contributed by atoms with van der Waals surface area (Å²) in [6.07, 6.45) is 0. The minimum absolute atomic E-state index is 0.543. The summed E-state index contributed by atoms with van der Waals surface area (Å²) in [5.41, 5.74) is 9.84. The predicted octanol–water partition coefficient (Wildman–Crippen LogP) is 2.07. The molecule has 0 aliphatic carbocycles. The Hall–Kier alpha value is -1.81. The topological polar surface area (TPSA) is 53.1 Å². The van der Waals surface area contributed by atoms with E-state index in [4.69, 9.17) is 10.5 Å². The lowest BCUT2D eigenvalue weighted by Crippen LogP contribution is -2.01. The fraction of sp³-hybridized carbons (Fsp3) is 0.357. The average molecular weight is 245 g/mol. The maximum atomic E-state index is 5.85. The highest BCUT2D eigenvalue weighted by Gasteiger charge is 2.10. The lowest BCUT2D eigenvalue weighted by atomic mass is 10.1. The van der Waals surface area contributed by atoms with E-state index in [9.17, 15) is 0 Å². The fourth-order valence-corrected chi connectivity index (χ4v) is 1.96. The van der Waals surface area contributed by atoms with Crippen LogP contribution in [0.3, 0.4) is 0 Å². The van der Waals surface area contributed by atoms with Crippen molar-refractivity contribution in [3.05, 3.63) is 46.8 Å². The van der Waals surface area contributed by atoms with Crippen molar-refractivity contribution in [2.45, 2.75) is 27.0 Å². The van der Waals surface area contributed by atoms with Gasteiger partial charge in [-0.15, -0.1) is 0 Å². The van der Waals surface area contributed by atoms with Crippen LogP contribution in [0.25, 0.3) is 0 Å². The number of benzene rings is 1. The zero-order valence-corrected chi connectivity index (χ0v) is 11.1. The van der Waals surface area contributed by atoms with Crippen molar-refractivity contribution in [1.29, 1.82) is 0 Å². The zero-order chi connectivity index (χ0) is 13.1. The Morgan fingerprint density at radius 3 is 2.61 bits per heavy atom. The summed E-state index contributed by atoms with van der Waals surface area (Å²) in [5.74, 6) is 0.871. The summed E-state index contributed by atoms with van der Waals surface area (Å²) >= 11 is 0. The van der Waals surface area contributed by atoms with Gasteiger partial charge in [-0.2, -0.15) is 5.10 Å². The van der Waals surface area contributed by atoms with Crippen LogP contribution in [0, 0.1) is 13.8 Å². The second kappa shape index (κ2) is 5.23. The van der Waals surface area contributed by atoms with Crippen molar-refractivity contribution in [2.24, 2.45) is 12.8 Å². The van der Waals surface area contributed by atoms with Gasteiger partial charge in [0.15, 0.2) is 5.75 Å². The van der Waals surface area contributed by atoms with Crippen molar-refractivity contribution in [3.63, 3.8) is 0 Å². The molecule has 0 atom stereocenters. The molecule has 1 heterocycles. The number of aryl methyl sites for hydroxylation is 2. The van der Waals surface area contributed by atoms with Gasteiger partial charge < -0.3 is 10.5 Å². The second-order valence-electron chi connectivity index (χ2n) is 4.44. The predicted molar refractivity (Wildman–Crippen MR) is 71.3 cm³/mol. The highest BCUT2D eigenvalue weighted by Crippen LogP contribution is 2.22. The molecule has 4 heteroatoms. The molecule has 0 aliphatic rings. The first-order chi connectivity index (χ1) is 8.61. The number of nitrogens with two attached hydrogens (primary N) is 1. The molecule has 0 radical (unpaired) electrons. The van der Waals surface area contributed by atoms with Crippen LogP contribution in [0.15, 0.2) is 24.3 Å². The smallest absolute Gasteiger partial charge is 0.163 e. The Morgan fingerprint density at radius 2 is 2.00 bits per heavy atom. The minimum Gasteiger partial charge on any atom is -0.485 e. The molecular formula is C14H19N3O. The summed E-state index contributed by atoms with van der Waals surface area (Å²) in [4.78, 5) is 0. The molecule has 0 bridgehead atoms. The first-order valence-electron chi connectivity index (χ1n) is 6.02.